The van der Waals surface area contributed by atoms with Crippen molar-refractivity contribution in [2.75, 3.05) is 37.6 Å². The van der Waals surface area contributed by atoms with E-state index in [-0.39, 0.29) is 17.9 Å². The van der Waals surface area contributed by atoms with E-state index in [1.165, 1.54) is 0 Å². The molecule has 2 aliphatic heterocycles. The summed E-state index contributed by atoms with van der Waals surface area (Å²) in [6.45, 7) is 6.71. The Morgan fingerprint density at radius 1 is 1.23 bits per heavy atom. The molecular formula is C22H25N5O2S. The Kier molecular flexibility index (Phi) is 5.26. The normalized spacial score (nSPS) is 20.4. The predicted octanol–water partition coefficient (Wildman–Crippen LogP) is 2.67. The minimum absolute atomic E-state index is 0.0625. The zero-order valence-electron chi connectivity index (χ0n) is 16.9. The number of nitrogens with zero attached hydrogens (tertiary/aromatic N) is 3. The van der Waals surface area contributed by atoms with Gasteiger partial charge in [0, 0.05) is 50.6 Å². The molecule has 0 bridgehead atoms. The molecular weight excluding hydrogens is 398 g/mol. The first-order valence-corrected chi connectivity index (χ1v) is 11.3. The fourth-order valence-electron chi connectivity index (χ4n) is 4.10. The van der Waals surface area contributed by atoms with Gasteiger partial charge in [0.2, 0.25) is 5.91 Å². The molecule has 2 saturated heterocycles. The Morgan fingerprint density at radius 3 is 2.83 bits per heavy atom. The van der Waals surface area contributed by atoms with Gasteiger partial charge < -0.3 is 20.3 Å². The summed E-state index contributed by atoms with van der Waals surface area (Å²) in [5.74, 6) is 1.09. The fourth-order valence-corrected chi connectivity index (χ4v) is 4.82. The summed E-state index contributed by atoms with van der Waals surface area (Å²) >= 11 is 1.57. The second-order valence-electron chi connectivity index (χ2n) is 7.90. The van der Waals surface area contributed by atoms with Crippen molar-refractivity contribution in [1.82, 2.24) is 20.6 Å². The number of pyridine rings is 1. The molecule has 3 aromatic rings. The van der Waals surface area contributed by atoms with Gasteiger partial charge in [-0.05, 0) is 31.2 Å². The smallest absolute Gasteiger partial charge is 0.220 e. The van der Waals surface area contributed by atoms with E-state index in [2.05, 4.69) is 38.7 Å². The van der Waals surface area contributed by atoms with E-state index in [1.807, 2.05) is 24.7 Å². The van der Waals surface area contributed by atoms with Crippen LogP contribution in [0.25, 0.3) is 21.5 Å². The van der Waals surface area contributed by atoms with E-state index in [4.69, 9.17) is 9.72 Å². The van der Waals surface area contributed by atoms with Crippen LogP contribution in [-0.4, -0.2) is 54.7 Å². The summed E-state index contributed by atoms with van der Waals surface area (Å²) in [5, 5.41) is 6.27. The number of carbonyl (C=O) groups excluding carboxylic acids is 1. The van der Waals surface area contributed by atoms with Crippen LogP contribution in [0.1, 0.15) is 13.3 Å². The van der Waals surface area contributed by atoms with Gasteiger partial charge in [0.15, 0.2) is 0 Å². The molecule has 2 atom stereocenters. The molecule has 0 saturated carbocycles. The molecule has 7 nitrogen and oxygen atoms in total. The third kappa shape index (κ3) is 3.85. The Labute approximate surface area is 179 Å². The van der Waals surface area contributed by atoms with Gasteiger partial charge in [-0.25, -0.2) is 4.98 Å². The molecule has 2 fully saturated rings. The Balaban J connectivity index is 1.41. The maximum atomic E-state index is 11.6. The number of amides is 1. The zero-order chi connectivity index (χ0) is 20.5. The molecule has 2 aliphatic rings. The van der Waals surface area contributed by atoms with Crippen LogP contribution in [0.2, 0.25) is 0 Å². The lowest BCUT2D eigenvalue weighted by Gasteiger charge is -2.29. The topological polar surface area (TPSA) is 79.4 Å². The van der Waals surface area contributed by atoms with E-state index < -0.39 is 0 Å². The first kappa shape index (κ1) is 19.3. The lowest BCUT2D eigenvalue weighted by Crippen LogP contribution is -2.43. The number of piperazine rings is 1. The minimum Gasteiger partial charge on any atom is -0.489 e. The van der Waals surface area contributed by atoms with E-state index in [9.17, 15) is 4.79 Å². The van der Waals surface area contributed by atoms with Crippen LogP contribution in [0, 0.1) is 5.92 Å². The molecule has 1 aromatic carbocycles. The standard InChI is InChI=1S/C22H25N5O2S/c1-14(16-10-21(28)25-11-16)29-20-9-15(8-19-22(20)30-13-26-19)18-3-2-17(12-24-18)27-6-4-23-5-7-27/h2-3,8-9,12-14,16,23H,4-7,10-11H2,1H3,(H,25,28)/t14-,16-/m1/s1. The van der Waals surface area contributed by atoms with Gasteiger partial charge in [-0.1, -0.05) is 0 Å². The number of hydrogen-bond donors (Lipinski definition) is 2. The lowest BCUT2D eigenvalue weighted by molar-refractivity contribution is -0.119. The van der Waals surface area contributed by atoms with Gasteiger partial charge in [0.05, 0.1) is 33.3 Å². The number of fused-ring (bicyclic) bond motifs is 1. The van der Waals surface area contributed by atoms with Crippen molar-refractivity contribution in [3.63, 3.8) is 0 Å². The van der Waals surface area contributed by atoms with Gasteiger partial charge >= 0.3 is 0 Å². The molecule has 0 aliphatic carbocycles. The number of benzene rings is 1. The second kappa shape index (κ2) is 8.20. The number of thiazole rings is 1. The first-order valence-electron chi connectivity index (χ1n) is 10.4. The molecule has 4 heterocycles. The third-order valence-corrected chi connectivity index (χ3v) is 6.77. The maximum absolute atomic E-state index is 11.6. The summed E-state index contributed by atoms with van der Waals surface area (Å²) in [6, 6.07) is 8.32. The van der Waals surface area contributed by atoms with Crippen LogP contribution in [0.3, 0.4) is 0 Å². The van der Waals surface area contributed by atoms with Crippen molar-refractivity contribution in [3.8, 4) is 17.0 Å². The molecule has 2 aromatic heterocycles. The molecule has 8 heteroatoms. The Morgan fingerprint density at radius 2 is 2.10 bits per heavy atom. The Bertz CT molecular complexity index is 1050. The van der Waals surface area contributed by atoms with Crippen LogP contribution in [-0.2, 0) is 4.79 Å². The first-order chi connectivity index (χ1) is 14.7. The fraction of sp³-hybridized carbons (Fsp3) is 0.409. The Hall–Kier alpha value is -2.71. The van der Waals surface area contributed by atoms with Gasteiger partial charge in [-0.15, -0.1) is 11.3 Å². The van der Waals surface area contributed by atoms with Crippen molar-refractivity contribution < 1.29 is 9.53 Å². The monoisotopic (exact) mass is 423 g/mol. The van der Waals surface area contributed by atoms with Crippen LogP contribution in [0.15, 0.2) is 36.0 Å². The number of anilines is 1. The lowest BCUT2D eigenvalue weighted by atomic mass is 10.0. The van der Waals surface area contributed by atoms with Crippen LogP contribution < -0.4 is 20.3 Å². The number of aromatic nitrogens is 2. The van der Waals surface area contributed by atoms with Crippen molar-refractivity contribution in [1.29, 1.82) is 0 Å². The number of rotatable bonds is 5. The molecule has 1 amide bonds. The van der Waals surface area contributed by atoms with Crippen molar-refractivity contribution in [2.24, 2.45) is 5.92 Å². The van der Waals surface area contributed by atoms with Crippen LogP contribution in [0.5, 0.6) is 5.75 Å². The molecule has 5 rings (SSSR count). The zero-order valence-corrected chi connectivity index (χ0v) is 17.7. The maximum Gasteiger partial charge on any atom is 0.220 e. The minimum atomic E-state index is -0.0625. The van der Waals surface area contributed by atoms with Crippen molar-refractivity contribution in [3.05, 3.63) is 36.0 Å². The molecule has 156 valence electrons. The summed E-state index contributed by atoms with van der Waals surface area (Å²) in [4.78, 5) is 23.2. The van der Waals surface area contributed by atoms with Gasteiger partial charge in [0.1, 0.15) is 11.9 Å². The molecule has 0 radical (unpaired) electrons. The highest BCUT2D eigenvalue weighted by Gasteiger charge is 2.28. The van der Waals surface area contributed by atoms with Crippen LogP contribution in [0.4, 0.5) is 5.69 Å². The number of ether oxygens (including phenoxy) is 1. The van der Waals surface area contributed by atoms with Crippen molar-refractivity contribution >= 4 is 33.1 Å². The molecule has 0 unspecified atom stereocenters. The van der Waals surface area contributed by atoms with Crippen LogP contribution >= 0.6 is 11.3 Å². The van der Waals surface area contributed by atoms with E-state index in [0.717, 1.165) is 59.1 Å². The summed E-state index contributed by atoms with van der Waals surface area (Å²) < 4.78 is 7.36. The number of carbonyl (C=O) groups is 1. The summed E-state index contributed by atoms with van der Waals surface area (Å²) in [7, 11) is 0. The second-order valence-corrected chi connectivity index (χ2v) is 8.76. The summed E-state index contributed by atoms with van der Waals surface area (Å²) in [6.07, 6.45) is 2.40. The van der Waals surface area contributed by atoms with Gasteiger partial charge in [0.25, 0.3) is 0 Å². The van der Waals surface area contributed by atoms with Crippen molar-refractivity contribution in [2.45, 2.75) is 19.4 Å². The SMILES string of the molecule is C[C@@H](Oc1cc(-c2ccc(N3CCNCC3)cn2)cc2ncsc12)[C@H]1CNC(=O)C1. The van der Waals surface area contributed by atoms with E-state index in [1.54, 1.807) is 11.3 Å². The number of hydrogen-bond acceptors (Lipinski definition) is 7. The summed E-state index contributed by atoms with van der Waals surface area (Å²) in [5.41, 5.74) is 5.79. The quantitative estimate of drug-likeness (QED) is 0.657. The van der Waals surface area contributed by atoms with E-state index >= 15 is 0 Å². The number of nitrogens with one attached hydrogen (secondary N) is 2. The van der Waals surface area contributed by atoms with Gasteiger partial charge in [-0.3, -0.25) is 9.78 Å². The molecule has 30 heavy (non-hydrogen) atoms. The molecule has 0 spiro atoms. The predicted molar refractivity (Wildman–Crippen MR) is 119 cm³/mol. The average Bonchev–Trinajstić information content (AvgIpc) is 3.43. The highest BCUT2D eigenvalue weighted by Crippen LogP contribution is 2.36. The van der Waals surface area contributed by atoms with E-state index in [0.29, 0.717) is 13.0 Å². The highest BCUT2D eigenvalue weighted by atomic mass is 32.1. The third-order valence-electron chi connectivity index (χ3n) is 5.91. The van der Waals surface area contributed by atoms with Gasteiger partial charge in [-0.2, -0.15) is 0 Å². The molecule has 2 N–H and O–H groups in total. The largest absolute Gasteiger partial charge is 0.489 e. The highest BCUT2D eigenvalue weighted by molar-refractivity contribution is 7.17. The average molecular weight is 424 g/mol.